The average molecular weight is 478 g/mol. The molecular weight excluding hydrogens is 455 g/mol. The summed E-state index contributed by atoms with van der Waals surface area (Å²) in [5.41, 5.74) is -1.16. The highest BCUT2D eigenvalue weighted by Gasteiger charge is 2.32. The molecule has 1 aliphatic heterocycles. The molecule has 0 aliphatic carbocycles. The van der Waals surface area contributed by atoms with Crippen molar-refractivity contribution in [1.82, 2.24) is 24.8 Å². The van der Waals surface area contributed by atoms with Crippen LogP contribution in [0.15, 0.2) is 17.4 Å². The molecule has 1 amide bonds. The summed E-state index contributed by atoms with van der Waals surface area (Å²) in [6, 6.07) is 0.868. The van der Waals surface area contributed by atoms with Gasteiger partial charge in [0, 0.05) is 37.8 Å². The van der Waals surface area contributed by atoms with Crippen LogP contribution in [0.1, 0.15) is 32.2 Å². The van der Waals surface area contributed by atoms with E-state index in [9.17, 15) is 18.0 Å². The minimum Gasteiger partial charge on any atom is -0.352 e. The van der Waals surface area contributed by atoms with E-state index in [4.69, 9.17) is 17.4 Å². The number of carbonyl (C=O) groups is 1. The van der Waals surface area contributed by atoms with E-state index >= 15 is 0 Å². The van der Waals surface area contributed by atoms with E-state index in [0.29, 0.717) is 37.2 Å². The second-order valence-electron chi connectivity index (χ2n) is 8.11. The minimum atomic E-state index is -4.50. The molecule has 0 saturated carbocycles. The molecule has 13 heteroatoms. The van der Waals surface area contributed by atoms with E-state index in [2.05, 4.69) is 15.2 Å². The molecule has 8 nitrogen and oxygen atoms in total. The lowest BCUT2D eigenvalue weighted by Crippen LogP contribution is -2.49. The number of halogens is 4. The molecular formula is C18H23ClF3N7OS. The number of rotatable bonds is 4. The van der Waals surface area contributed by atoms with Gasteiger partial charge in [0.05, 0.1) is 16.3 Å². The van der Waals surface area contributed by atoms with Gasteiger partial charge in [-0.25, -0.2) is 9.66 Å². The first kappa shape index (κ1) is 23.5. The highest BCUT2D eigenvalue weighted by atomic mass is 35.5. The molecule has 1 fully saturated rings. The minimum absolute atomic E-state index is 0.0675. The monoisotopic (exact) mass is 477 g/mol. The zero-order valence-electron chi connectivity index (χ0n) is 17.3. The van der Waals surface area contributed by atoms with Gasteiger partial charge >= 0.3 is 6.18 Å². The summed E-state index contributed by atoms with van der Waals surface area (Å²) in [5.74, 6) is 7.00. The summed E-state index contributed by atoms with van der Waals surface area (Å²) >= 11 is 7.23. The molecule has 2 aromatic rings. The predicted molar refractivity (Wildman–Crippen MR) is 113 cm³/mol. The number of carbonyl (C=O) groups excluding carboxylic acids is 1. The number of alkyl halides is 3. The van der Waals surface area contributed by atoms with Crippen LogP contribution in [0.2, 0.25) is 5.02 Å². The van der Waals surface area contributed by atoms with Crippen LogP contribution in [0.3, 0.4) is 0 Å². The summed E-state index contributed by atoms with van der Waals surface area (Å²) in [7, 11) is 0. The highest BCUT2D eigenvalue weighted by Crippen LogP contribution is 2.33. The van der Waals surface area contributed by atoms with E-state index in [1.165, 1.54) is 16.4 Å². The second-order valence-corrected chi connectivity index (χ2v) is 9.46. The molecule has 1 saturated heterocycles. The number of nitrogens with two attached hydrogens (primary N) is 1. The quantitative estimate of drug-likeness (QED) is 0.534. The maximum atomic E-state index is 12.8. The first-order chi connectivity index (χ1) is 14.4. The third-order valence-electron chi connectivity index (χ3n) is 4.74. The summed E-state index contributed by atoms with van der Waals surface area (Å²) < 4.78 is 39.8. The third-order valence-corrected chi connectivity index (χ3v) is 5.95. The van der Waals surface area contributed by atoms with E-state index in [1.807, 2.05) is 20.8 Å². The van der Waals surface area contributed by atoms with Crippen LogP contribution >= 0.6 is 23.4 Å². The topological polar surface area (TPSA) is 93.2 Å². The van der Waals surface area contributed by atoms with Gasteiger partial charge in [0.25, 0.3) is 0 Å². The molecule has 3 rings (SSSR count). The molecule has 0 radical (unpaired) electrons. The summed E-state index contributed by atoms with van der Waals surface area (Å²) in [6.07, 6.45) is -3.73. The van der Waals surface area contributed by atoms with Gasteiger partial charge in [-0.1, -0.05) is 44.1 Å². The average Bonchev–Trinajstić information content (AvgIpc) is 3.06. The molecule has 1 aliphatic rings. The lowest BCUT2D eigenvalue weighted by Gasteiger charge is -2.35. The lowest BCUT2D eigenvalue weighted by molar-refractivity contribution is -0.137. The molecule has 2 aromatic heterocycles. The first-order valence-corrected chi connectivity index (χ1v) is 10.8. The van der Waals surface area contributed by atoms with Crippen molar-refractivity contribution in [1.29, 1.82) is 0 Å². The van der Waals surface area contributed by atoms with Crippen molar-refractivity contribution in [2.24, 2.45) is 0 Å². The fourth-order valence-electron chi connectivity index (χ4n) is 3.09. The number of thioether (sulfide) groups is 1. The van der Waals surface area contributed by atoms with Crippen LogP contribution in [-0.2, 0) is 16.4 Å². The molecule has 0 bridgehead atoms. The summed E-state index contributed by atoms with van der Waals surface area (Å²) in [6.45, 7) is 7.54. The molecule has 0 unspecified atom stereocenters. The first-order valence-electron chi connectivity index (χ1n) is 9.47. The van der Waals surface area contributed by atoms with E-state index < -0.39 is 11.7 Å². The Labute approximate surface area is 186 Å². The number of nitrogen functional groups attached to an aromatic ring is 1. The van der Waals surface area contributed by atoms with Crippen molar-refractivity contribution in [2.45, 2.75) is 37.5 Å². The number of hydrogen-bond donors (Lipinski definition) is 1. The molecule has 170 valence electrons. The van der Waals surface area contributed by atoms with Gasteiger partial charge in [-0.15, -0.1) is 10.2 Å². The van der Waals surface area contributed by atoms with Crippen molar-refractivity contribution in [2.75, 3.05) is 42.7 Å². The number of hydrogen-bond acceptors (Lipinski definition) is 7. The van der Waals surface area contributed by atoms with Gasteiger partial charge in [0.15, 0.2) is 5.82 Å². The zero-order valence-corrected chi connectivity index (χ0v) is 18.9. The number of pyridine rings is 1. The number of nitrogens with zero attached hydrogens (tertiary/aromatic N) is 6. The van der Waals surface area contributed by atoms with Crippen LogP contribution in [0.4, 0.5) is 19.0 Å². The van der Waals surface area contributed by atoms with Crippen LogP contribution in [-0.4, -0.2) is 62.6 Å². The lowest BCUT2D eigenvalue weighted by atomic mass is 9.96. The fraction of sp³-hybridized carbons (Fsp3) is 0.556. The second kappa shape index (κ2) is 8.73. The smallest absolute Gasteiger partial charge is 0.352 e. The van der Waals surface area contributed by atoms with Gasteiger partial charge in [-0.05, 0) is 6.07 Å². The number of amides is 1. The Morgan fingerprint density at radius 1 is 1.19 bits per heavy atom. The molecule has 0 atom stereocenters. The maximum absolute atomic E-state index is 12.8. The molecule has 31 heavy (non-hydrogen) atoms. The largest absolute Gasteiger partial charge is 0.417 e. The van der Waals surface area contributed by atoms with E-state index in [-0.39, 0.29) is 27.9 Å². The van der Waals surface area contributed by atoms with Crippen molar-refractivity contribution < 1.29 is 18.0 Å². The van der Waals surface area contributed by atoms with Crippen LogP contribution in [0.25, 0.3) is 0 Å². The normalized spacial score (nSPS) is 15.5. The van der Waals surface area contributed by atoms with Gasteiger partial charge in [0.1, 0.15) is 5.82 Å². The van der Waals surface area contributed by atoms with Crippen LogP contribution < -0.4 is 10.7 Å². The van der Waals surface area contributed by atoms with Crippen LogP contribution in [0.5, 0.6) is 0 Å². The molecule has 3 heterocycles. The number of piperazine rings is 1. The van der Waals surface area contributed by atoms with Crippen LogP contribution in [0, 0.1) is 0 Å². The van der Waals surface area contributed by atoms with Crippen molar-refractivity contribution in [3.8, 4) is 0 Å². The van der Waals surface area contributed by atoms with Gasteiger partial charge < -0.3 is 15.6 Å². The molecule has 0 aromatic carbocycles. The maximum Gasteiger partial charge on any atom is 0.417 e. The standard InChI is InChI=1S/C18H23ClF3N7OS/c1-17(2,3)15-25-26-16(29(15)23)31-10-13(30)27-4-6-28(7-5-27)14-12(19)8-11(9-24-14)18(20,21)22/h8-9H,4-7,10,23H2,1-3H3. The predicted octanol–water partition coefficient (Wildman–Crippen LogP) is 2.80. The summed E-state index contributed by atoms with van der Waals surface area (Å²) in [5, 5.41) is 8.54. The van der Waals surface area contributed by atoms with Gasteiger partial charge in [-0.3, -0.25) is 4.79 Å². The van der Waals surface area contributed by atoms with E-state index in [0.717, 1.165) is 12.3 Å². The highest BCUT2D eigenvalue weighted by molar-refractivity contribution is 7.99. The Morgan fingerprint density at radius 2 is 1.84 bits per heavy atom. The van der Waals surface area contributed by atoms with E-state index in [1.54, 1.807) is 9.80 Å². The van der Waals surface area contributed by atoms with Gasteiger partial charge in [0.2, 0.25) is 11.1 Å². The van der Waals surface area contributed by atoms with Crippen molar-refractivity contribution in [3.63, 3.8) is 0 Å². The van der Waals surface area contributed by atoms with Crippen molar-refractivity contribution >= 4 is 35.1 Å². The van der Waals surface area contributed by atoms with Gasteiger partial charge in [-0.2, -0.15) is 13.2 Å². The molecule has 2 N–H and O–H groups in total. The fourth-order valence-corrected chi connectivity index (χ4v) is 4.14. The SMILES string of the molecule is CC(C)(C)c1nnc(SCC(=O)N2CCN(c3ncc(C(F)(F)F)cc3Cl)CC2)n1N. The Kier molecular flexibility index (Phi) is 6.61. The third kappa shape index (κ3) is 5.35. The summed E-state index contributed by atoms with van der Waals surface area (Å²) in [4.78, 5) is 19.9. The van der Waals surface area contributed by atoms with Crippen molar-refractivity contribution in [3.05, 3.63) is 28.7 Å². The molecule has 0 spiro atoms. The number of anilines is 1. The Balaban J connectivity index is 1.55. The zero-order chi connectivity index (χ0) is 23.0. The Hall–Kier alpha value is -2.21. The Morgan fingerprint density at radius 3 is 2.35 bits per heavy atom. The number of aromatic nitrogens is 4. The Bertz CT molecular complexity index is 953.